The number of rotatable bonds is 6. The predicted octanol–water partition coefficient (Wildman–Crippen LogP) is 4.78. The van der Waals surface area contributed by atoms with Crippen molar-refractivity contribution in [2.24, 2.45) is 11.3 Å². The van der Waals surface area contributed by atoms with Crippen molar-refractivity contribution in [3.63, 3.8) is 0 Å². The third-order valence-corrected chi connectivity index (χ3v) is 8.11. The highest BCUT2D eigenvalue weighted by atomic mass is 32.2. The number of benzene rings is 1. The molecule has 186 valence electrons. The first kappa shape index (κ1) is 25.1. The Morgan fingerprint density at radius 1 is 1.26 bits per heavy atom. The predicted molar refractivity (Wildman–Crippen MR) is 130 cm³/mol. The van der Waals surface area contributed by atoms with Gasteiger partial charge < -0.3 is 14.7 Å². The number of ether oxygens (including phenoxy) is 1. The van der Waals surface area contributed by atoms with Crippen molar-refractivity contribution in [3.05, 3.63) is 45.9 Å². The average Bonchev–Trinajstić information content (AvgIpc) is 3.28. The number of hydrogen-bond acceptors (Lipinski definition) is 7. The van der Waals surface area contributed by atoms with Crippen molar-refractivity contribution in [1.29, 1.82) is 0 Å². The van der Waals surface area contributed by atoms with E-state index in [2.05, 4.69) is 20.8 Å². The summed E-state index contributed by atoms with van der Waals surface area (Å²) in [5.74, 6) is 1.24. The van der Waals surface area contributed by atoms with Gasteiger partial charge >= 0.3 is 17.5 Å². The number of aromatic nitrogens is 1. The molecule has 1 aromatic heterocycles. The molecule has 34 heavy (non-hydrogen) atoms. The Hall–Kier alpha value is -2.01. The van der Waals surface area contributed by atoms with Crippen LogP contribution in [0, 0.1) is 11.3 Å². The van der Waals surface area contributed by atoms with Crippen molar-refractivity contribution in [2.45, 2.75) is 58.6 Å². The Labute approximate surface area is 207 Å². The highest BCUT2D eigenvalue weighted by Crippen LogP contribution is 2.40. The van der Waals surface area contributed by atoms with Gasteiger partial charge in [0, 0.05) is 29.8 Å². The van der Waals surface area contributed by atoms with E-state index in [1.807, 2.05) is 29.6 Å². The second kappa shape index (κ2) is 10.7. The maximum Gasteiger partial charge on any atom is 0.407 e. The molecule has 0 spiro atoms. The van der Waals surface area contributed by atoms with Gasteiger partial charge in [-0.05, 0) is 42.4 Å². The van der Waals surface area contributed by atoms with Gasteiger partial charge in [0.25, 0.3) is 0 Å². The normalized spacial score (nSPS) is 25.8. The number of thiazole rings is 1. The number of hydrogen-bond donors (Lipinski definition) is 1. The summed E-state index contributed by atoms with van der Waals surface area (Å²) in [6, 6.07) is 7.91. The molecule has 1 aromatic carbocycles. The lowest BCUT2D eigenvalue weighted by Crippen LogP contribution is -2.51. The molecule has 0 unspecified atom stereocenters. The van der Waals surface area contributed by atoms with Crippen molar-refractivity contribution in [3.8, 4) is 5.75 Å². The molecule has 2 aliphatic rings. The second-order valence-corrected chi connectivity index (χ2v) is 11.8. The maximum atomic E-state index is 11.7. The van der Waals surface area contributed by atoms with E-state index in [1.165, 1.54) is 0 Å². The Kier molecular flexibility index (Phi) is 7.91. The maximum absolute atomic E-state index is 11.7. The molecule has 8 nitrogen and oxygen atoms in total. The van der Waals surface area contributed by atoms with Gasteiger partial charge in [-0.15, -0.1) is 11.3 Å². The number of piperidine rings is 1. The number of amides is 1. The number of carboxylic acid groups (broad SMARTS) is 1. The fraction of sp³-hybridized carbons (Fsp3) is 0.583. The molecular formula is C24H32N2O6S2. The molecule has 0 saturated carbocycles. The van der Waals surface area contributed by atoms with E-state index in [9.17, 15) is 14.1 Å². The van der Waals surface area contributed by atoms with Crippen molar-refractivity contribution in [1.82, 2.24) is 9.88 Å². The third-order valence-electron chi connectivity index (χ3n) is 6.40. The van der Waals surface area contributed by atoms with Gasteiger partial charge in [-0.1, -0.05) is 32.9 Å². The highest BCUT2D eigenvalue weighted by Gasteiger charge is 2.39. The molecular weight excluding hydrogens is 476 g/mol. The van der Waals surface area contributed by atoms with E-state index in [0.29, 0.717) is 26.4 Å². The van der Waals surface area contributed by atoms with Crippen LogP contribution in [0.4, 0.5) is 4.79 Å². The van der Waals surface area contributed by atoms with Crippen molar-refractivity contribution in [2.75, 3.05) is 19.8 Å². The Balaban J connectivity index is 1.30. The summed E-state index contributed by atoms with van der Waals surface area (Å²) in [5.41, 5.74) is 1.92. The van der Waals surface area contributed by atoms with Crippen LogP contribution in [0.5, 0.6) is 5.75 Å². The SMILES string of the molecule is CC(C)(C)[C@H]1C[C@@H](c2nc(COc3ccc(CC4COS(=O)OC4)cc3)cs2)CCN1C(=O)O. The first-order valence-corrected chi connectivity index (χ1v) is 13.4. The van der Waals surface area contributed by atoms with E-state index in [-0.39, 0.29) is 23.3 Å². The Morgan fingerprint density at radius 3 is 2.62 bits per heavy atom. The quantitative estimate of drug-likeness (QED) is 0.600. The molecule has 2 aliphatic heterocycles. The summed E-state index contributed by atoms with van der Waals surface area (Å²) in [6.45, 7) is 8.09. The van der Waals surface area contributed by atoms with Crippen LogP contribution < -0.4 is 4.74 Å². The van der Waals surface area contributed by atoms with E-state index in [4.69, 9.17) is 18.1 Å². The molecule has 4 rings (SSSR count). The summed E-state index contributed by atoms with van der Waals surface area (Å²) in [5, 5.41) is 12.7. The molecule has 2 atom stereocenters. The summed E-state index contributed by atoms with van der Waals surface area (Å²) < 4.78 is 27.1. The molecule has 1 N–H and O–H groups in total. The van der Waals surface area contributed by atoms with Crippen LogP contribution in [0.2, 0.25) is 0 Å². The topological polar surface area (TPSA) is 98.2 Å². The van der Waals surface area contributed by atoms with Crippen LogP contribution in [-0.2, 0) is 32.8 Å². The molecule has 0 bridgehead atoms. The Bertz CT molecular complexity index is 994. The molecule has 2 saturated heterocycles. The highest BCUT2D eigenvalue weighted by molar-refractivity contribution is 7.75. The Morgan fingerprint density at radius 2 is 1.97 bits per heavy atom. The number of carbonyl (C=O) groups is 1. The van der Waals surface area contributed by atoms with Crippen LogP contribution in [0.1, 0.15) is 55.8 Å². The summed E-state index contributed by atoms with van der Waals surface area (Å²) in [7, 11) is 0. The second-order valence-electron chi connectivity index (χ2n) is 10.0. The van der Waals surface area contributed by atoms with Gasteiger partial charge in [0.1, 0.15) is 12.4 Å². The van der Waals surface area contributed by atoms with Crippen LogP contribution >= 0.6 is 11.3 Å². The van der Waals surface area contributed by atoms with Gasteiger partial charge in [-0.3, -0.25) is 8.37 Å². The van der Waals surface area contributed by atoms with Crippen LogP contribution in [0.15, 0.2) is 29.6 Å². The minimum absolute atomic E-state index is 0.0280. The van der Waals surface area contributed by atoms with E-state index in [1.54, 1.807) is 16.2 Å². The molecule has 0 radical (unpaired) electrons. The standard InChI is InChI=1S/C24H32N2O6S2/c1-24(2,3)21-11-18(8-9-26(21)23(27)28)22-25-19(15-33-22)14-30-20-6-4-16(5-7-20)10-17-12-31-34(29)32-13-17/h4-7,15,17-18,21H,8-14H2,1-3H3,(H,27,28)/t17?,18-,21+,34?/m0/s1. The zero-order valence-corrected chi connectivity index (χ0v) is 21.4. The molecule has 3 heterocycles. The lowest BCUT2D eigenvalue weighted by atomic mass is 9.77. The van der Waals surface area contributed by atoms with Gasteiger partial charge in [-0.25, -0.2) is 9.78 Å². The number of likely N-dealkylation sites (tertiary alicyclic amines) is 1. The smallest absolute Gasteiger partial charge is 0.407 e. The van der Waals surface area contributed by atoms with E-state index >= 15 is 0 Å². The molecule has 10 heteroatoms. The first-order chi connectivity index (χ1) is 16.2. The monoisotopic (exact) mass is 508 g/mol. The minimum Gasteiger partial charge on any atom is -0.487 e. The molecule has 2 aromatic rings. The fourth-order valence-electron chi connectivity index (χ4n) is 4.53. The number of nitrogens with zero attached hydrogens (tertiary/aromatic N) is 2. The molecule has 0 aliphatic carbocycles. The van der Waals surface area contributed by atoms with Crippen LogP contribution in [0.3, 0.4) is 0 Å². The minimum atomic E-state index is -1.60. The summed E-state index contributed by atoms with van der Waals surface area (Å²) in [6.07, 6.45) is 1.54. The summed E-state index contributed by atoms with van der Waals surface area (Å²) >= 11 is 0.0291. The van der Waals surface area contributed by atoms with Gasteiger partial charge in [-0.2, -0.15) is 4.21 Å². The van der Waals surface area contributed by atoms with Gasteiger partial charge in [0.2, 0.25) is 0 Å². The van der Waals surface area contributed by atoms with Crippen LogP contribution in [0.25, 0.3) is 0 Å². The van der Waals surface area contributed by atoms with Crippen LogP contribution in [-0.4, -0.2) is 51.1 Å². The zero-order chi connectivity index (χ0) is 24.3. The first-order valence-electron chi connectivity index (χ1n) is 11.5. The lowest BCUT2D eigenvalue weighted by molar-refractivity contribution is 0.0525. The third kappa shape index (κ3) is 6.35. The summed E-state index contributed by atoms with van der Waals surface area (Å²) in [4.78, 5) is 18.1. The lowest BCUT2D eigenvalue weighted by Gasteiger charge is -2.44. The largest absolute Gasteiger partial charge is 0.487 e. The van der Waals surface area contributed by atoms with Gasteiger partial charge in [0.15, 0.2) is 0 Å². The molecule has 1 amide bonds. The van der Waals surface area contributed by atoms with Crippen molar-refractivity contribution >= 4 is 28.8 Å². The zero-order valence-electron chi connectivity index (χ0n) is 19.8. The fourth-order valence-corrected chi connectivity index (χ4v) is 6.16. The van der Waals surface area contributed by atoms with E-state index in [0.717, 1.165) is 41.3 Å². The van der Waals surface area contributed by atoms with Gasteiger partial charge in [0.05, 0.1) is 23.9 Å². The van der Waals surface area contributed by atoms with E-state index < -0.39 is 17.5 Å². The van der Waals surface area contributed by atoms with Crippen molar-refractivity contribution < 1.29 is 27.2 Å². The average molecular weight is 509 g/mol. The molecule has 2 fully saturated rings.